The number of rotatable bonds is 5. The quantitative estimate of drug-likeness (QED) is 0.784. The maximum absolute atomic E-state index is 11.8. The number of nitrogens with one attached hydrogen (secondary N) is 1. The monoisotopic (exact) mass is 394 g/mol. The van der Waals surface area contributed by atoms with E-state index in [0.29, 0.717) is 11.0 Å². The second-order valence-corrected chi connectivity index (χ2v) is 7.30. The number of hydrogen-bond donors (Lipinski definition) is 1. The zero-order valence-corrected chi connectivity index (χ0v) is 14.8. The Morgan fingerprint density at radius 1 is 1.48 bits per heavy atom. The molecule has 0 radical (unpaired) electrons. The fraction of sp³-hybridized carbons (Fsp3) is 0.312. The first kappa shape index (κ1) is 16.1. The molecule has 1 aliphatic rings. The Kier molecular flexibility index (Phi) is 4.77. The fourth-order valence-electron chi connectivity index (χ4n) is 2.16. The SMILES string of the molecule is CC1CC1C(=O)OCC(=O)Nc1nc(-c2cccc(Br)c2)cs1. The van der Waals surface area contributed by atoms with Crippen LogP contribution in [0.3, 0.4) is 0 Å². The van der Waals surface area contributed by atoms with E-state index < -0.39 is 0 Å². The van der Waals surface area contributed by atoms with E-state index in [1.807, 2.05) is 36.6 Å². The van der Waals surface area contributed by atoms with Crippen molar-refractivity contribution in [3.63, 3.8) is 0 Å². The van der Waals surface area contributed by atoms with Crippen molar-refractivity contribution >= 4 is 44.3 Å². The Morgan fingerprint density at radius 3 is 2.96 bits per heavy atom. The molecule has 0 spiro atoms. The molecule has 1 aliphatic carbocycles. The van der Waals surface area contributed by atoms with Gasteiger partial charge in [-0.05, 0) is 24.5 Å². The molecule has 2 unspecified atom stereocenters. The summed E-state index contributed by atoms with van der Waals surface area (Å²) in [4.78, 5) is 27.8. The first-order chi connectivity index (χ1) is 11.0. The summed E-state index contributed by atoms with van der Waals surface area (Å²) in [5.74, 6) is -0.327. The highest BCUT2D eigenvalue weighted by molar-refractivity contribution is 9.10. The van der Waals surface area contributed by atoms with Crippen molar-refractivity contribution < 1.29 is 14.3 Å². The number of esters is 1. The maximum atomic E-state index is 11.8. The van der Waals surface area contributed by atoms with Crippen LogP contribution in [0.5, 0.6) is 0 Å². The molecule has 2 aromatic rings. The number of thiazole rings is 1. The minimum atomic E-state index is -0.373. The standard InChI is InChI=1S/C16H15BrN2O3S/c1-9-5-12(9)15(21)22-7-14(20)19-16-18-13(8-23-16)10-3-2-4-11(17)6-10/h2-4,6,8-9,12H,5,7H2,1H3,(H,18,19,20). The number of ether oxygens (including phenoxy) is 1. The van der Waals surface area contributed by atoms with Crippen molar-refractivity contribution in [1.29, 1.82) is 0 Å². The average molecular weight is 395 g/mol. The van der Waals surface area contributed by atoms with Crippen molar-refractivity contribution in [3.8, 4) is 11.3 Å². The van der Waals surface area contributed by atoms with Gasteiger partial charge in [-0.1, -0.05) is 35.0 Å². The Balaban J connectivity index is 1.54. The molecule has 1 fully saturated rings. The van der Waals surface area contributed by atoms with Crippen LogP contribution < -0.4 is 5.32 Å². The van der Waals surface area contributed by atoms with Crippen molar-refractivity contribution in [1.82, 2.24) is 4.98 Å². The third kappa shape index (κ3) is 4.17. The molecule has 2 atom stereocenters. The van der Waals surface area contributed by atoms with Gasteiger partial charge in [-0.25, -0.2) is 4.98 Å². The fourth-order valence-corrected chi connectivity index (χ4v) is 3.30. The second-order valence-electron chi connectivity index (χ2n) is 5.52. The molecule has 5 nitrogen and oxygen atoms in total. The molecule has 23 heavy (non-hydrogen) atoms. The Labute approximate surface area is 146 Å². The minimum absolute atomic E-state index is 0.0363. The summed E-state index contributed by atoms with van der Waals surface area (Å²) in [5.41, 5.74) is 1.75. The molecule has 0 bridgehead atoms. The number of aromatic nitrogens is 1. The largest absolute Gasteiger partial charge is 0.455 e. The number of benzene rings is 1. The maximum Gasteiger partial charge on any atom is 0.309 e. The van der Waals surface area contributed by atoms with Gasteiger partial charge in [0.25, 0.3) is 5.91 Å². The van der Waals surface area contributed by atoms with Crippen LogP contribution in [0, 0.1) is 11.8 Å². The predicted molar refractivity (Wildman–Crippen MR) is 92.1 cm³/mol. The lowest BCUT2D eigenvalue weighted by Crippen LogP contribution is -2.21. The van der Waals surface area contributed by atoms with Gasteiger partial charge in [-0.2, -0.15) is 0 Å². The molecule has 0 aliphatic heterocycles. The molecule has 3 rings (SSSR count). The van der Waals surface area contributed by atoms with Crippen LogP contribution in [0.2, 0.25) is 0 Å². The molecule has 1 amide bonds. The summed E-state index contributed by atoms with van der Waals surface area (Å²) in [7, 11) is 0. The number of anilines is 1. The van der Waals surface area contributed by atoms with E-state index in [4.69, 9.17) is 4.74 Å². The van der Waals surface area contributed by atoms with Gasteiger partial charge in [0, 0.05) is 15.4 Å². The third-order valence-corrected chi connectivity index (χ3v) is 4.88. The van der Waals surface area contributed by atoms with Crippen LogP contribution in [0.4, 0.5) is 5.13 Å². The van der Waals surface area contributed by atoms with E-state index in [0.717, 1.165) is 22.2 Å². The van der Waals surface area contributed by atoms with Gasteiger partial charge in [-0.3, -0.25) is 14.9 Å². The van der Waals surface area contributed by atoms with Gasteiger partial charge < -0.3 is 4.74 Å². The average Bonchev–Trinajstić information content (AvgIpc) is 3.07. The summed E-state index contributed by atoms with van der Waals surface area (Å²) in [6.07, 6.45) is 0.850. The first-order valence-corrected chi connectivity index (χ1v) is 8.88. The summed E-state index contributed by atoms with van der Waals surface area (Å²) in [5, 5.41) is 5.01. The number of halogens is 1. The van der Waals surface area contributed by atoms with Crippen molar-refractivity contribution in [3.05, 3.63) is 34.1 Å². The van der Waals surface area contributed by atoms with E-state index in [2.05, 4.69) is 26.2 Å². The molecule has 1 N–H and O–H groups in total. The number of amides is 1. The molecule has 1 aromatic heterocycles. The highest BCUT2D eigenvalue weighted by Gasteiger charge is 2.40. The van der Waals surface area contributed by atoms with Gasteiger partial charge in [-0.15, -0.1) is 11.3 Å². The van der Waals surface area contributed by atoms with Crippen LogP contribution in [0.1, 0.15) is 13.3 Å². The molecule has 120 valence electrons. The summed E-state index contributed by atoms with van der Waals surface area (Å²) in [6.45, 7) is 1.72. The lowest BCUT2D eigenvalue weighted by molar-refractivity contribution is -0.148. The Morgan fingerprint density at radius 2 is 2.26 bits per heavy atom. The number of carbonyl (C=O) groups is 2. The lowest BCUT2D eigenvalue weighted by Gasteiger charge is -2.03. The third-order valence-electron chi connectivity index (χ3n) is 3.63. The van der Waals surface area contributed by atoms with Crippen molar-refractivity contribution in [2.75, 3.05) is 11.9 Å². The molecule has 1 saturated carbocycles. The number of nitrogens with zero attached hydrogens (tertiary/aromatic N) is 1. The summed E-state index contributed by atoms with van der Waals surface area (Å²) < 4.78 is 5.96. The van der Waals surface area contributed by atoms with E-state index in [-0.39, 0.29) is 24.4 Å². The zero-order chi connectivity index (χ0) is 16.4. The van der Waals surface area contributed by atoms with E-state index in [1.54, 1.807) is 0 Å². The molecule has 1 aromatic carbocycles. The predicted octanol–water partition coefficient (Wildman–Crippen LogP) is 3.71. The van der Waals surface area contributed by atoms with Gasteiger partial charge in [0.2, 0.25) is 0 Å². The Hall–Kier alpha value is -1.73. The summed E-state index contributed by atoms with van der Waals surface area (Å²) >= 11 is 4.75. The topological polar surface area (TPSA) is 68.3 Å². The van der Waals surface area contributed by atoms with E-state index in [1.165, 1.54) is 11.3 Å². The van der Waals surface area contributed by atoms with Crippen LogP contribution in [0.25, 0.3) is 11.3 Å². The highest BCUT2D eigenvalue weighted by Crippen LogP contribution is 2.38. The molecule has 0 saturated heterocycles. The van der Waals surface area contributed by atoms with E-state index >= 15 is 0 Å². The summed E-state index contributed by atoms with van der Waals surface area (Å²) in [6, 6.07) is 7.77. The highest BCUT2D eigenvalue weighted by atomic mass is 79.9. The molecular formula is C16H15BrN2O3S. The zero-order valence-electron chi connectivity index (χ0n) is 12.4. The smallest absolute Gasteiger partial charge is 0.309 e. The lowest BCUT2D eigenvalue weighted by atomic mass is 10.2. The second kappa shape index (κ2) is 6.80. The minimum Gasteiger partial charge on any atom is -0.455 e. The van der Waals surface area contributed by atoms with Gasteiger partial charge in [0.05, 0.1) is 11.6 Å². The Bertz CT molecular complexity index is 746. The van der Waals surface area contributed by atoms with Gasteiger partial charge in [0.1, 0.15) is 0 Å². The normalized spacial score (nSPS) is 19.2. The van der Waals surface area contributed by atoms with Gasteiger partial charge >= 0.3 is 5.97 Å². The van der Waals surface area contributed by atoms with Crippen LogP contribution >= 0.6 is 27.3 Å². The number of hydrogen-bond acceptors (Lipinski definition) is 5. The van der Waals surface area contributed by atoms with Crippen LogP contribution in [-0.2, 0) is 14.3 Å². The number of carbonyl (C=O) groups excluding carboxylic acids is 2. The van der Waals surface area contributed by atoms with E-state index in [9.17, 15) is 9.59 Å². The molecular weight excluding hydrogens is 380 g/mol. The van der Waals surface area contributed by atoms with Crippen LogP contribution in [-0.4, -0.2) is 23.5 Å². The molecule has 7 heteroatoms. The molecule has 1 heterocycles. The first-order valence-electron chi connectivity index (χ1n) is 7.21. The van der Waals surface area contributed by atoms with Crippen molar-refractivity contribution in [2.24, 2.45) is 11.8 Å². The van der Waals surface area contributed by atoms with Gasteiger partial charge in [0.15, 0.2) is 11.7 Å². The van der Waals surface area contributed by atoms with Crippen molar-refractivity contribution in [2.45, 2.75) is 13.3 Å². The van der Waals surface area contributed by atoms with Crippen LogP contribution in [0.15, 0.2) is 34.1 Å².